The molecule has 3 nitrogen and oxygen atoms in total. The van der Waals surface area contributed by atoms with E-state index >= 15 is 0 Å². The van der Waals surface area contributed by atoms with Gasteiger partial charge in [0.25, 0.3) is 0 Å². The van der Waals surface area contributed by atoms with E-state index in [1.54, 1.807) is 0 Å². The number of benzene rings is 2. The molecule has 0 aliphatic heterocycles. The molecule has 1 unspecified atom stereocenters. The molecule has 0 bridgehead atoms. The Kier molecular flexibility index (Phi) is 6.14. The first-order valence-electron chi connectivity index (χ1n) is 8.82. The Morgan fingerprint density at radius 3 is 2.62 bits per heavy atom. The van der Waals surface area contributed by atoms with Crippen molar-refractivity contribution in [3.8, 4) is 5.75 Å². The predicted octanol–water partition coefficient (Wildman–Crippen LogP) is 4.61. The molecule has 1 atom stereocenters. The average Bonchev–Trinajstić information content (AvgIpc) is 2.60. The number of fused-ring (bicyclic) bond motifs is 1. The molecular weight excluding hydrogens is 366 g/mol. The normalized spacial score (nSPS) is 17.3. The van der Waals surface area contributed by atoms with E-state index in [4.69, 9.17) is 4.74 Å². The van der Waals surface area contributed by atoms with E-state index in [0.29, 0.717) is 19.2 Å². The third kappa shape index (κ3) is 4.71. The number of ether oxygens (including phenoxy) is 1. The Balaban J connectivity index is 1.52. The second kappa shape index (κ2) is 8.32. The van der Waals surface area contributed by atoms with Crippen molar-refractivity contribution in [3.63, 3.8) is 0 Å². The fraction of sp³-hybridized carbons (Fsp3) is 0.500. The molecule has 0 spiro atoms. The summed E-state index contributed by atoms with van der Waals surface area (Å²) >= 11 is 3.49. The molecule has 2 aromatic carbocycles. The predicted molar refractivity (Wildman–Crippen MR) is 103 cm³/mol. The summed E-state index contributed by atoms with van der Waals surface area (Å²) in [5.41, 5.74) is 0. The first-order chi connectivity index (χ1) is 11.6. The zero-order valence-corrected chi connectivity index (χ0v) is 15.8. The number of halogens is 1. The monoisotopic (exact) mass is 391 g/mol. The molecule has 1 aliphatic rings. The molecule has 1 saturated carbocycles. The van der Waals surface area contributed by atoms with Crippen molar-refractivity contribution in [2.75, 3.05) is 20.2 Å². The Hall–Kier alpha value is -1.10. The highest BCUT2D eigenvalue weighted by Gasteiger charge is 2.20. The molecule has 1 aliphatic carbocycles. The van der Waals surface area contributed by atoms with E-state index in [-0.39, 0.29) is 0 Å². The van der Waals surface area contributed by atoms with Crippen LogP contribution in [-0.2, 0) is 0 Å². The standard InChI is InChI=1S/C20H26BrNO2/c1-22(18-5-3-2-4-6-18)13-19(23)14-24-20-10-8-15-11-17(21)9-7-16(15)12-20/h7-12,18-19,23H,2-6,13-14H2,1H3. The van der Waals surface area contributed by atoms with E-state index in [1.807, 2.05) is 18.2 Å². The first-order valence-corrected chi connectivity index (χ1v) is 9.61. The molecule has 0 heterocycles. The van der Waals surface area contributed by atoms with Crippen LogP contribution in [0, 0.1) is 0 Å². The lowest BCUT2D eigenvalue weighted by molar-refractivity contribution is 0.0562. The lowest BCUT2D eigenvalue weighted by Crippen LogP contribution is -2.40. The van der Waals surface area contributed by atoms with Crippen LogP contribution in [0.1, 0.15) is 32.1 Å². The molecule has 0 saturated heterocycles. The van der Waals surface area contributed by atoms with E-state index < -0.39 is 6.10 Å². The molecule has 1 N–H and O–H groups in total. The fourth-order valence-electron chi connectivity index (χ4n) is 3.53. The van der Waals surface area contributed by atoms with Gasteiger partial charge in [0.15, 0.2) is 0 Å². The van der Waals surface area contributed by atoms with Gasteiger partial charge in [-0.25, -0.2) is 0 Å². The Morgan fingerprint density at radius 2 is 1.83 bits per heavy atom. The maximum atomic E-state index is 10.3. The van der Waals surface area contributed by atoms with Gasteiger partial charge in [0.2, 0.25) is 0 Å². The van der Waals surface area contributed by atoms with Gasteiger partial charge in [0.05, 0.1) is 0 Å². The highest BCUT2D eigenvalue weighted by Crippen LogP contribution is 2.24. The smallest absolute Gasteiger partial charge is 0.120 e. The zero-order chi connectivity index (χ0) is 16.9. The summed E-state index contributed by atoms with van der Waals surface area (Å²) in [6, 6.07) is 12.8. The molecule has 3 rings (SSSR count). The van der Waals surface area contributed by atoms with Crippen LogP contribution in [0.3, 0.4) is 0 Å². The summed E-state index contributed by atoms with van der Waals surface area (Å²) in [5.74, 6) is 0.809. The summed E-state index contributed by atoms with van der Waals surface area (Å²) in [5, 5.41) is 12.6. The molecule has 0 radical (unpaired) electrons. The highest BCUT2D eigenvalue weighted by atomic mass is 79.9. The number of hydrogen-bond donors (Lipinski definition) is 1. The zero-order valence-electron chi connectivity index (χ0n) is 14.2. The molecule has 4 heteroatoms. The largest absolute Gasteiger partial charge is 0.491 e. The van der Waals surface area contributed by atoms with Crippen molar-refractivity contribution in [3.05, 3.63) is 40.9 Å². The lowest BCUT2D eigenvalue weighted by atomic mass is 9.94. The third-order valence-electron chi connectivity index (χ3n) is 4.91. The summed E-state index contributed by atoms with van der Waals surface area (Å²) in [7, 11) is 2.12. The quantitative estimate of drug-likeness (QED) is 0.780. The van der Waals surface area contributed by atoms with Gasteiger partial charge in [-0.3, -0.25) is 0 Å². The van der Waals surface area contributed by atoms with Gasteiger partial charge < -0.3 is 14.7 Å². The number of aliphatic hydroxyl groups excluding tert-OH is 1. The van der Waals surface area contributed by atoms with Gasteiger partial charge in [0, 0.05) is 17.1 Å². The first kappa shape index (κ1) is 17.7. The Labute approximate surface area is 152 Å². The Morgan fingerprint density at radius 1 is 1.12 bits per heavy atom. The fourth-order valence-corrected chi connectivity index (χ4v) is 3.91. The third-order valence-corrected chi connectivity index (χ3v) is 5.41. The van der Waals surface area contributed by atoms with Crippen LogP contribution in [0.25, 0.3) is 10.8 Å². The van der Waals surface area contributed by atoms with Crippen molar-refractivity contribution >= 4 is 26.7 Å². The van der Waals surface area contributed by atoms with Crippen molar-refractivity contribution in [1.29, 1.82) is 0 Å². The van der Waals surface area contributed by atoms with Gasteiger partial charge >= 0.3 is 0 Å². The maximum absolute atomic E-state index is 10.3. The van der Waals surface area contributed by atoms with E-state index in [9.17, 15) is 5.11 Å². The molecule has 1 fully saturated rings. The Bertz CT molecular complexity index is 670. The van der Waals surface area contributed by atoms with Crippen molar-refractivity contribution < 1.29 is 9.84 Å². The molecule has 24 heavy (non-hydrogen) atoms. The van der Waals surface area contributed by atoms with Crippen LogP contribution in [0.4, 0.5) is 0 Å². The lowest BCUT2D eigenvalue weighted by Gasteiger charge is -2.32. The van der Waals surface area contributed by atoms with Crippen molar-refractivity contribution in [2.45, 2.75) is 44.2 Å². The van der Waals surface area contributed by atoms with Crippen molar-refractivity contribution in [1.82, 2.24) is 4.90 Å². The summed E-state index contributed by atoms with van der Waals surface area (Å²) in [6.45, 7) is 1.00. The van der Waals surface area contributed by atoms with Crippen molar-refractivity contribution in [2.24, 2.45) is 0 Å². The van der Waals surface area contributed by atoms with Crippen LogP contribution in [-0.4, -0.2) is 42.4 Å². The number of likely N-dealkylation sites (N-methyl/N-ethyl adjacent to an activating group) is 1. The summed E-state index contributed by atoms with van der Waals surface area (Å²) in [4.78, 5) is 2.30. The summed E-state index contributed by atoms with van der Waals surface area (Å²) < 4.78 is 6.88. The van der Waals surface area contributed by atoms with Crippen LogP contribution in [0.5, 0.6) is 5.75 Å². The molecule has 0 aromatic heterocycles. The number of nitrogens with zero attached hydrogens (tertiary/aromatic N) is 1. The average molecular weight is 392 g/mol. The second-order valence-corrected chi connectivity index (χ2v) is 7.77. The van der Waals surface area contributed by atoms with Crippen LogP contribution < -0.4 is 4.74 Å². The van der Waals surface area contributed by atoms with Crippen LogP contribution in [0.15, 0.2) is 40.9 Å². The van der Waals surface area contributed by atoms with Gasteiger partial charge in [-0.05, 0) is 54.9 Å². The second-order valence-electron chi connectivity index (χ2n) is 6.85. The van der Waals surface area contributed by atoms with E-state index in [2.05, 4.69) is 46.1 Å². The van der Waals surface area contributed by atoms with Gasteiger partial charge in [0.1, 0.15) is 18.5 Å². The highest BCUT2D eigenvalue weighted by molar-refractivity contribution is 9.10. The minimum Gasteiger partial charge on any atom is -0.491 e. The maximum Gasteiger partial charge on any atom is 0.120 e. The minimum atomic E-state index is -0.461. The number of aliphatic hydroxyl groups is 1. The molecule has 0 amide bonds. The van der Waals surface area contributed by atoms with E-state index in [1.165, 1.54) is 37.5 Å². The van der Waals surface area contributed by atoms with Gasteiger partial charge in [-0.15, -0.1) is 0 Å². The SMILES string of the molecule is CN(CC(O)COc1ccc2cc(Br)ccc2c1)C1CCCCC1. The van der Waals surface area contributed by atoms with E-state index in [0.717, 1.165) is 15.6 Å². The summed E-state index contributed by atoms with van der Waals surface area (Å²) in [6.07, 6.45) is 6.03. The van der Waals surface area contributed by atoms with Crippen LogP contribution >= 0.6 is 15.9 Å². The molecular formula is C20H26BrNO2. The molecule has 2 aromatic rings. The van der Waals surface area contributed by atoms with Crippen LogP contribution in [0.2, 0.25) is 0 Å². The number of rotatable bonds is 6. The minimum absolute atomic E-state index is 0.332. The molecule has 130 valence electrons. The topological polar surface area (TPSA) is 32.7 Å². The number of hydrogen-bond acceptors (Lipinski definition) is 3. The van der Waals surface area contributed by atoms with Gasteiger partial charge in [-0.2, -0.15) is 0 Å². The van der Waals surface area contributed by atoms with Gasteiger partial charge in [-0.1, -0.05) is 47.3 Å².